The molecule has 1 amide bonds. The molecule has 0 bridgehead atoms. The van der Waals surface area contributed by atoms with E-state index in [2.05, 4.69) is 26.2 Å². The van der Waals surface area contributed by atoms with Crippen molar-refractivity contribution in [1.82, 2.24) is 4.98 Å². The van der Waals surface area contributed by atoms with Gasteiger partial charge < -0.3 is 11.1 Å². The number of nitrogens with two attached hydrogens (primary N) is 1. The zero-order valence-corrected chi connectivity index (χ0v) is 12.1. The SMILES string of the molecule is Cc1cc(NC(=O)CC2(CN)CCC2)ncc1Br. The number of aromatic nitrogens is 1. The molecular formula is C13H18BrN3O. The van der Waals surface area contributed by atoms with E-state index in [1.165, 1.54) is 6.42 Å². The summed E-state index contributed by atoms with van der Waals surface area (Å²) in [5, 5.41) is 2.84. The van der Waals surface area contributed by atoms with Crippen molar-refractivity contribution in [3.63, 3.8) is 0 Å². The number of aryl methyl sites for hydroxylation is 1. The van der Waals surface area contributed by atoms with Gasteiger partial charge in [0.05, 0.1) is 0 Å². The van der Waals surface area contributed by atoms with Crippen molar-refractivity contribution in [2.24, 2.45) is 11.1 Å². The van der Waals surface area contributed by atoms with Crippen LogP contribution in [0.15, 0.2) is 16.7 Å². The van der Waals surface area contributed by atoms with Crippen LogP contribution in [0.25, 0.3) is 0 Å². The van der Waals surface area contributed by atoms with Crippen molar-refractivity contribution in [3.8, 4) is 0 Å². The maximum atomic E-state index is 12.0. The monoisotopic (exact) mass is 311 g/mol. The number of amides is 1. The molecule has 1 aliphatic carbocycles. The third-order valence-corrected chi connectivity index (χ3v) is 4.53. The van der Waals surface area contributed by atoms with Crippen LogP contribution in [0.1, 0.15) is 31.2 Å². The van der Waals surface area contributed by atoms with E-state index in [4.69, 9.17) is 5.73 Å². The third-order valence-electron chi connectivity index (χ3n) is 3.70. The lowest BCUT2D eigenvalue weighted by Gasteiger charge is -2.40. The second-order valence-corrected chi connectivity index (χ2v) is 5.96. The second kappa shape index (κ2) is 5.36. The molecule has 3 N–H and O–H groups in total. The highest BCUT2D eigenvalue weighted by Gasteiger charge is 2.37. The third kappa shape index (κ3) is 2.90. The number of carbonyl (C=O) groups excluding carboxylic acids is 1. The van der Waals surface area contributed by atoms with Crippen LogP contribution in [-0.2, 0) is 4.79 Å². The lowest BCUT2D eigenvalue weighted by molar-refractivity contribution is -0.119. The Bertz CT molecular complexity index is 452. The van der Waals surface area contributed by atoms with Crippen molar-refractivity contribution in [2.45, 2.75) is 32.6 Å². The largest absolute Gasteiger partial charge is 0.330 e. The first kappa shape index (κ1) is 13.5. The van der Waals surface area contributed by atoms with Gasteiger partial charge in [0.25, 0.3) is 0 Å². The first-order valence-corrected chi connectivity index (χ1v) is 6.96. The van der Waals surface area contributed by atoms with Gasteiger partial charge in [-0.1, -0.05) is 6.42 Å². The van der Waals surface area contributed by atoms with E-state index in [1.54, 1.807) is 6.20 Å². The van der Waals surface area contributed by atoms with Crippen LogP contribution in [0.3, 0.4) is 0 Å². The highest BCUT2D eigenvalue weighted by molar-refractivity contribution is 9.10. The molecule has 1 saturated carbocycles. The minimum absolute atomic E-state index is 0.00868. The number of halogens is 1. The minimum atomic E-state index is 0.00868. The van der Waals surface area contributed by atoms with Crippen molar-refractivity contribution >= 4 is 27.7 Å². The summed E-state index contributed by atoms with van der Waals surface area (Å²) in [7, 11) is 0. The maximum Gasteiger partial charge on any atom is 0.226 e. The maximum absolute atomic E-state index is 12.0. The molecule has 0 saturated heterocycles. The Hall–Kier alpha value is -0.940. The fraction of sp³-hybridized carbons (Fsp3) is 0.538. The van der Waals surface area contributed by atoms with Crippen LogP contribution in [0.4, 0.5) is 5.82 Å². The molecule has 2 rings (SSSR count). The van der Waals surface area contributed by atoms with Gasteiger partial charge in [-0.2, -0.15) is 0 Å². The first-order chi connectivity index (χ1) is 8.54. The van der Waals surface area contributed by atoms with E-state index in [9.17, 15) is 4.79 Å². The van der Waals surface area contributed by atoms with Crippen molar-refractivity contribution in [2.75, 3.05) is 11.9 Å². The second-order valence-electron chi connectivity index (χ2n) is 5.10. The summed E-state index contributed by atoms with van der Waals surface area (Å²) in [5.41, 5.74) is 6.84. The fourth-order valence-electron chi connectivity index (χ4n) is 2.27. The summed E-state index contributed by atoms with van der Waals surface area (Å²) in [6.45, 7) is 2.56. The number of pyridine rings is 1. The normalized spacial score (nSPS) is 17.1. The highest BCUT2D eigenvalue weighted by atomic mass is 79.9. The number of rotatable bonds is 4. The molecule has 1 aromatic heterocycles. The molecule has 0 radical (unpaired) electrons. The number of carbonyl (C=O) groups is 1. The fourth-order valence-corrected chi connectivity index (χ4v) is 2.48. The predicted octanol–water partition coefficient (Wildman–Crippen LogP) is 2.61. The van der Waals surface area contributed by atoms with Crippen molar-refractivity contribution in [1.29, 1.82) is 0 Å². The summed E-state index contributed by atoms with van der Waals surface area (Å²) >= 11 is 3.38. The van der Waals surface area contributed by atoms with Gasteiger partial charge in [0.1, 0.15) is 5.82 Å². The molecule has 1 aromatic rings. The topological polar surface area (TPSA) is 68.0 Å². The summed E-state index contributed by atoms with van der Waals surface area (Å²) in [6, 6.07) is 1.86. The summed E-state index contributed by atoms with van der Waals surface area (Å²) < 4.78 is 0.943. The standard InChI is InChI=1S/C13H18BrN3O/c1-9-5-11(16-7-10(9)14)17-12(18)6-13(8-15)3-2-4-13/h5,7H,2-4,6,8,15H2,1H3,(H,16,17,18). The molecule has 0 spiro atoms. The first-order valence-electron chi connectivity index (χ1n) is 6.17. The average molecular weight is 312 g/mol. The van der Waals surface area contributed by atoms with Crippen molar-refractivity contribution in [3.05, 3.63) is 22.3 Å². The zero-order chi connectivity index (χ0) is 13.2. The lowest BCUT2D eigenvalue weighted by Crippen LogP contribution is -2.40. The minimum Gasteiger partial charge on any atom is -0.330 e. The van der Waals surface area contributed by atoms with Gasteiger partial charge in [-0.3, -0.25) is 4.79 Å². The zero-order valence-electron chi connectivity index (χ0n) is 10.5. The molecule has 18 heavy (non-hydrogen) atoms. The Morgan fingerprint density at radius 2 is 2.33 bits per heavy atom. The number of anilines is 1. The van der Waals surface area contributed by atoms with Gasteiger partial charge in [0.2, 0.25) is 5.91 Å². The molecule has 4 nitrogen and oxygen atoms in total. The number of nitrogens with one attached hydrogen (secondary N) is 1. The van der Waals surface area contributed by atoms with Gasteiger partial charge in [-0.05, 0) is 59.3 Å². The van der Waals surface area contributed by atoms with Crippen LogP contribution >= 0.6 is 15.9 Å². The van der Waals surface area contributed by atoms with Crippen LogP contribution in [-0.4, -0.2) is 17.4 Å². The van der Waals surface area contributed by atoms with Gasteiger partial charge in [0.15, 0.2) is 0 Å². The Morgan fingerprint density at radius 1 is 1.61 bits per heavy atom. The van der Waals surface area contributed by atoms with Crippen molar-refractivity contribution < 1.29 is 4.79 Å². The number of hydrogen-bond donors (Lipinski definition) is 2. The summed E-state index contributed by atoms with van der Waals surface area (Å²) in [4.78, 5) is 16.1. The Kier molecular flexibility index (Phi) is 4.02. The molecule has 0 aromatic carbocycles. The van der Waals surface area contributed by atoms with E-state index >= 15 is 0 Å². The number of hydrogen-bond acceptors (Lipinski definition) is 3. The molecule has 0 unspecified atom stereocenters. The molecule has 5 heteroatoms. The molecule has 98 valence electrons. The van der Waals surface area contributed by atoms with Gasteiger partial charge in [0, 0.05) is 17.1 Å². The van der Waals surface area contributed by atoms with E-state index < -0.39 is 0 Å². The van der Waals surface area contributed by atoms with E-state index in [1.807, 2.05) is 13.0 Å². The molecule has 1 aliphatic rings. The lowest BCUT2D eigenvalue weighted by atomic mass is 9.66. The Balaban J connectivity index is 1.96. The molecule has 0 atom stereocenters. The average Bonchev–Trinajstić information content (AvgIpc) is 2.29. The predicted molar refractivity (Wildman–Crippen MR) is 75.3 cm³/mol. The number of nitrogens with zero attached hydrogens (tertiary/aromatic N) is 1. The molecular weight excluding hydrogens is 294 g/mol. The van der Waals surface area contributed by atoms with Gasteiger partial charge in [-0.15, -0.1) is 0 Å². The summed E-state index contributed by atoms with van der Waals surface area (Å²) in [5.74, 6) is 0.613. The Labute approximate surface area is 115 Å². The molecule has 1 fully saturated rings. The van der Waals surface area contributed by atoms with E-state index in [0.29, 0.717) is 18.8 Å². The smallest absolute Gasteiger partial charge is 0.226 e. The highest BCUT2D eigenvalue weighted by Crippen LogP contribution is 2.43. The molecule has 0 aliphatic heterocycles. The Morgan fingerprint density at radius 3 is 2.83 bits per heavy atom. The van der Waals surface area contributed by atoms with Crippen LogP contribution in [0.5, 0.6) is 0 Å². The molecule has 1 heterocycles. The summed E-state index contributed by atoms with van der Waals surface area (Å²) in [6.07, 6.45) is 5.50. The van der Waals surface area contributed by atoms with E-state index in [-0.39, 0.29) is 11.3 Å². The van der Waals surface area contributed by atoms with Crippen LogP contribution in [0.2, 0.25) is 0 Å². The van der Waals surface area contributed by atoms with Gasteiger partial charge >= 0.3 is 0 Å². The van der Waals surface area contributed by atoms with Crippen LogP contribution in [0, 0.1) is 12.3 Å². The van der Waals surface area contributed by atoms with E-state index in [0.717, 1.165) is 22.9 Å². The van der Waals surface area contributed by atoms with Gasteiger partial charge in [-0.25, -0.2) is 4.98 Å². The quantitative estimate of drug-likeness (QED) is 0.898. The van der Waals surface area contributed by atoms with Crippen LogP contribution < -0.4 is 11.1 Å².